The smallest absolute Gasteiger partial charge is 0.0873 e. The van der Waals surface area contributed by atoms with E-state index in [-0.39, 0.29) is 11.8 Å². The minimum absolute atomic E-state index is 0.0335. The van der Waals surface area contributed by atoms with Crippen molar-refractivity contribution < 1.29 is 10.2 Å². The molecule has 1 aliphatic carbocycles. The van der Waals surface area contributed by atoms with Crippen LogP contribution < -0.4 is 0 Å². The summed E-state index contributed by atoms with van der Waals surface area (Å²) in [5, 5.41) is 20.9. The molecule has 2 aromatic carbocycles. The summed E-state index contributed by atoms with van der Waals surface area (Å²) in [4.78, 5) is 0. The fourth-order valence-corrected chi connectivity index (χ4v) is 3.30. The van der Waals surface area contributed by atoms with E-state index < -0.39 is 12.2 Å². The molecule has 1 fully saturated rings. The predicted molar refractivity (Wildman–Crippen MR) is 79.6 cm³/mol. The van der Waals surface area contributed by atoms with Crippen LogP contribution in [-0.2, 0) is 0 Å². The van der Waals surface area contributed by atoms with Crippen molar-refractivity contribution >= 4 is 0 Å². The second kappa shape index (κ2) is 5.78. The van der Waals surface area contributed by atoms with Crippen LogP contribution in [-0.4, -0.2) is 22.4 Å². The standard InChI is InChI=1S/C18H20O2/c19-17-15(13-7-3-1-4-8-13)11-12-16(18(17)20)14-9-5-2-6-10-14/h1-10,15-20H,11-12H2/t15-,16+,17-,18+. The van der Waals surface area contributed by atoms with Gasteiger partial charge in [-0.3, -0.25) is 0 Å². The Morgan fingerprint density at radius 3 is 1.30 bits per heavy atom. The molecule has 1 saturated carbocycles. The van der Waals surface area contributed by atoms with Crippen molar-refractivity contribution in [3.05, 3.63) is 71.8 Å². The Kier molecular flexibility index (Phi) is 3.86. The maximum atomic E-state index is 10.5. The largest absolute Gasteiger partial charge is 0.390 e. The highest BCUT2D eigenvalue weighted by atomic mass is 16.3. The lowest BCUT2D eigenvalue weighted by Crippen LogP contribution is -2.41. The first-order valence-corrected chi connectivity index (χ1v) is 7.23. The minimum Gasteiger partial charge on any atom is -0.390 e. The number of rotatable bonds is 2. The van der Waals surface area contributed by atoms with Crippen molar-refractivity contribution in [3.63, 3.8) is 0 Å². The molecule has 4 atom stereocenters. The molecule has 1 aliphatic rings. The summed E-state index contributed by atoms with van der Waals surface area (Å²) in [5.74, 6) is 0.0670. The first kappa shape index (κ1) is 13.3. The Hall–Kier alpha value is -1.64. The molecule has 0 heterocycles. The summed E-state index contributed by atoms with van der Waals surface area (Å²) in [6.45, 7) is 0. The van der Waals surface area contributed by atoms with Crippen LogP contribution in [0.25, 0.3) is 0 Å². The number of aliphatic hydroxyl groups excluding tert-OH is 2. The van der Waals surface area contributed by atoms with E-state index in [1.165, 1.54) is 0 Å². The Morgan fingerprint density at radius 2 is 0.950 bits per heavy atom. The van der Waals surface area contributed by atoms with Crippen molar-refractivity contribution in [2.45, 2.75) is 36.9 Å². The summed E-state index contributed by atoms with van der Waals surface area (Å²) >= 11 is 0. The van der Waals surface area contributed by atoms with Gasteiger partial charge in [-0.25, -0.2) is 0 Å². The second-order valence-corrected chi connectivity index (χ2v) is 5.59. The Balaban J connectivity index is 1.81. The summed E-state index contributed by atoms with van der Waals surface area (Å²) in [7, 11) is 0. The quantitative estimate of drug-likeness (QED) is 0.878. The molecule has 0 bridgehead atoms. The molecule has 2 nitrogen and oxygen atoms in total. The molecule has 2 heteroatoms. The predicted octanol–water partition coefficient (Wildman–Crippen LogP) is 3.07. The van der Waals surface area contributed by atoms with Gasteiger partial charge >= 0.3 is 0 Å². The summed E-state index contributed by atoms with van der Waals surface area (Å²) in [6, 6.07) is 20.0. The maximum Gasteiger partial charge on any atom is 0.0873 e. The molecule has 2 N–H and O–H groups in total. The third-order valence-corrected chi connectivity index (χ3v) is 4.42. The van der Waals surface area contributed by atoms with E-state index in [2.05, 4.69) is 0 Å². The molecule has 2 aromatic rings. The van der Waals surface area contributed by atoms with Crippen molar-refractivity contribution in [1.29, 1.82) is 0 Å². The van der Waals surface area contributed by atoms with Gasteiger partial charge < -0.3 is 10.2 Å². The van der Waals surface area contributed by atoms with Gasteiger partial charge in [0, 0.05) is 11.8 Å². The normalized spacial score (nSPS) is 30.1. The zero-order valence-corrected chi connectivity index (χ0v) is 11.4. The van der Waals surface area contributed by atoms with Gasteiger partial charge in [0.15, 0.2) is 0 Å². The van der Waals surface area contributed by atoms with E-state index in [0.29, 0.717) is 0 Å². The average molecular weight is 268 g/mol. The number of benzene rings is 2. The molecule has 3 rings (SSSR count). The summed E-state index contributed by atoms with van der Waals surface area (Å²) < 4.78 is 0. The highest BCUT2D eigenvalue weighted by molar-refractivity contribution is 5.27. The first-order chi connectivity index (χ1) is 9.77. The SMILES string of the molecule is O[C@@H]1[C@H](O)[C@@H](c2ccccc2)CC[C@H]1c1ccccc1. The third kappa shape index (κ3) is 2.49. The molecule has 0 radical (unpaired) electrons. The van der Waals surface area contributed by atoms with Gasteiger partial charge in [0.05, 0.1) is 12.2 Å². The molecule has 0 amide bonds. The molecule has 20 heavy (non-hydrogen) atoms. The van der Waals surface area contributed by atoms with E-state index in [1.807, 2.05) is 60.7 Å². The molecule has 0 spiro atoms. The van der Waals surface area contributed by atoms with Crippen LogP contribution in [0.5, 0.6) is 0 Å². The van der Waals surface area contributed by atoms with Gasteiger partial charge in [-0.05, 0) is 24.0 Å². The molecule has 0 aliphatic heterocycles. The van der Waals surface area contributed by atoms with E-state index in [1.54, 1.807) is 0 Å². The molecule has 0 unspecified atom stereocenters. The van der Waals surface area contributed by atoms with Gasteiger partial charge in [-0.1, -0.05) is 60.7 Å². The molecule has 104 valence electrons. The first-order valence-electron chi connectivity index (χ1n) is 7.23. The van der Waals surface area contributed by atoms with Crippen molar-refractivity contribution in [3.8, 4) is 0 Å². The summed E-state index contributed by atoms with van der Waals surface area (Å²) in [6.07, 6.45) is 0.413. The van der Waals surface area contributed by atoms with Gasteiger partial charge in [0.2, 0.25) is 0 Å². The van der Waals surface area contributed by atoms with Gasteiger partial charge in [-0.15, -0.1) is 0 Å². The van der Waals surface area contributed by atoms with Crippen LogP contribution in [0, 0.1) is 0 Å². The minimum atomic E-state index is -0.698. The van der Waals surface area contributed by atoms with Crippen LogP contribution >= 0.6 is 0 Å². The monoisotopic (exact) mass is 268 g/mol. The zero-order valence-electron chi connectivity index (χ0n) is 11.4. The van der Waals surface area contributed by atoms with E-state index in [9.17, 15) is 10.2 Å². The number of aliphatic hydroxyl groups is 2. The van der Waals surface area contributed by atoms with Gasteiger partial charge in [0.25, 0.3) is 0 Å². The maximum absolute atomic E-state index is 10.5. The van der Waals surface area contributed by atoms with Crippen molar-refractivity contribution in [2.75, 3.05) is 0 Å². The van der Waals surface area contributed by atoms with Crippen LogP contribution in [0.4, 0.5) is 0 Å². The Labute approximate surface area is 119 Å². The Morgan fingerprint density at radius 1 is 0.600 bits per heavy atom. The van der Waals surface area contributed by atoms with Crippen molar-refractivity contribution in [2.24, 2.45) is 0 Å². The van der Waals surface area contributed by atoms with E-state index in [0.717, 1.165) is 24.0 Å². The second-order valence-electron chi connectivity index (χ2n) is 5.59. The lowest BCUT2D eigenvalue weighted by molar-refractivity contribution is -0.0361. The van der Waals surface area contributed by atoms with E-state index in [4.69, 9.17) is 0 Å². The average Bonchev–Trinajstić information content (AvgIpc) is 2.52. The molecule has 0 saturated heterocycles. The third-order valence-electron chi connectivity index (χ3n) is 4.42. The highest BCUT2D eigenvalue weighted by Crippen LogP contribution is 2.40. The van der Waals surface area contributed by atoms with Crippen LogP contribution in [0.3, 0.4) is 0 Å². The fourth-order valence-electron chi connectivity index (χ4n) is 3.30. The lowest BCUT2D eigenvalue weighted by Gasteiger charge is -2.38. The number of hydrogen-bond acceptors (Lipinski definition) is 2. The van der Waals surface area contributed by atoms with Crippen LogP contribution in [0.2, 0.25) is 0 Å². The lowest BCUT2D eigenvalue weighted by atomic mass is 9.72. The van der Waals surface area contributed by atoms with Crippen molar-refractivity contribution in [1.82, 2.24) is 0 Å². The fraction of sp³-hybridized carbons (Fsp3) is 0.333. The topological polar surface area (TPSA) is 40.5 Å². The van der Waals surface area contributed by atoms with Gasteiger partial charge in [-0.2, -0.15) is 0 Å². The van der Waals surface area contributed by atoms with Crippen LogP contribution in [0.15, 0.2) is 60.7 Å². The highest BCUT2D eigenvalue weighted by Gasteiger charge is 2.38. The number of hydrogen-bond donors (Lipinski definition) is 2. The molecule has 0 aromatic heterocycles. The zero-order chi connectivity index (χ0) is 13.9. The van der Waals surface area contributed by atoms with Gasteiger partial charge in [0.1, 0.15) is 0 Å². The summed E-state index contributed by atoms with van der Waals surface area (Å²) in [5.41, 5.74) is 2.23. The molecular weight excluding hydrogens is 248 g/mol. The Bertz CT molecular complexity index is 486. The van der Waals surface area contributed by atoms with Crippen LogP contribution in [0.1, 0.15) is 35.8 Å². The van der Waals surface area contributed by atoms with E-state index >= 15 is 0 Å². The molecular formula is C18H20O2.